The number of hydrogen-bond acceptors (Lipinski definition) is 2. The van der Waals surface area contributed by atoms with Crippen molar-refractivity contribution in [3.8, 4) is 0 Å². The van der Waals surface area contributed by atoms with Crippen molar-refractivity contribution in [2.45, 2.75) is 25.4 Å². The van der Waals surface area contributed by atoms with Crippen molar-refractivity contribution in [3.63, 3.8) is 0 Å². The van der Waals surface area contributed by atoms with E-state index in [1.54, 1.807) is 15.8 Å². The van der Waals surface area contributed by atoms with E-state index in [-0.39, 0.29) is 17.5 Å². The molecule has 2 aromatic rings. The van der Waals surface area contributed by atoms with Gasteiger partial charge in [-0.15, -0.1) is 0 Å². The Labute approximate surface area is 127 Å². The third-order valence-corrected chi connectivity index (χ3v) is 3.99. The first-order valence-corrected chi connectivity index (χ1v) is 7.26. The minimum Gasteiger partial charge on any atom is -0.334 e. The summed E-state index contributed by atoms with van der Waals surface area (Å²) in [6.45, 7) is 1.26. The smallest absolute Gasteiger partial charge is 0.257 e. The molecule has 1 atom stereocenters. The van der Waals surface area contributed by atoms with Crippen molar-refractivity contribution in [3.05, 3.63) is 53.1 Å². The molecular formula is C15H15ClFN3O. The Kier molecular flexibility index (Phi) is 3.92. The second-order valence-corrected chi connectivity index (χ2v) is 5.58. The quantitative estimate of drug-likeness (QED) is 0.874. The first kappa shape index (κ1) is 14.1. The highest BCUT2D eigenvalue weighted by atomic mass is 35.5. The van der Waals surface area contributed by atoms with E-state index < -0.39 is 5.82 Å². The zero-order valence-electron chi connectivity index (χ0n) is 11.4. The lowest BCUT2D eigenvalue weighted by Gasteiger charge is -2.25. The Bertz CT molecular complexity index is 644. The largest absolute Gasteiger partial charge is 0.334 e. The molecule has 110 valence electrons. The number of halogens is 2. The van der Waals surface area contributed by atoms with Crippen LogP contribution in [0.15, 0.2) is 36.7 Å². The third-order valence-electron chi connectivity index (χ3n) is 3.75. The van der Waals surface area contributed by atoms with E-state index in [9.17, 15) is 9.18 Å². The molecule has 0 saturated carbocycles. The Hall–Kier alpha value is -1.88. The molecule has 1 fully saturated rings. The molecule has 0 unspecified atom stereocenters. The van der Waals surface area contributed by atoms with Crippen LogP contribution >= 0.6 is 11.6 Å². The SMILES string of the molecule is O=C(c1cc(Cl)ccc1F)N1CCC[C@@H]1Cn1cccn1. The Morgan fingerprint density at radius 1 is 1.48 bits per heavy atom. The first-order chi connectivity index (χ1) is 10.1. The number of likely N-dealkylation sites (tertiary alicyclic amines) is 1. The molecule has 3 rings (SSSR count). The maximum Gasteiger partial charge on any atom is 0.257 e. The van der Waals surface area contributed by atoms with E-state index >= 15 is 0 Å². The van der Waals surface area contributed by atoms with Crippen LogP contribution in [0, 0.1) is 5.82 Å². The predicted molar refractivity (Wildman–Crippen MR) is 77.7 cm³/mol. The lowest BCUT2D eigenvalue weighted by molar-refractivity contribution is 0.0717. The van der Waals surface area contributed by atoms with Crippen LogP contribution in [0.4, 0.5) is 4.39 Å². The zero-order valence-corrected chi connectivity index (χ0v) is 12.1. The summed E-state index contributed by atoms with van der Waals surface area (Å²) < 4.78 is 15.7. The van der Waals surface area contributed by atoms with Crippen molar-refractivity contribution in [1.29, 1.82) is 0 Å². The number of carbonyl (C=O) groups excluding carboxylic acids is 1. The van der Waals surface area contributed by atoms with Crippen molar-refractivity contribution in [2.75, 3.05) is 6.54 Å². The average molecular weight is 308 g/mol. The van der Waals surface area contributed by atoms with Gasteiger partial charge in [-0.25, -0.2) is 4.39 Å². The molecule has 0 radical (unpaired) electrons. The van der Waals surface area contributed by atoms with Crippen LogP contribution in [-0.2, 0) is 6.54 Å². The minimum atomic E-state index is -0.533. The molecule has 1 aliphatic heterocycles. The van der Waals surface area contributed by atoms with Gasteiger partial charge in [-0.1, -0.05) is 11.6 Å². The summed E-state index contributed by atoms with van der Waals surface area (Å²) in [5.41, 5.74) is 0.0369. The van der Waals surface area contributed by atoms with Gasteiger partial charge in [0.25, 0.3) is 5.91 Å². The molecule has 4 nitrogen and oxygen atoms in total. The van der Waals surface area contributed by atoms with Gasteiger partial charge in [-0.3, -0.25) is 9.48 Å². The molecule has 1 aromatic heterocycles. The lowest BCUT2D eigenvalue weighted by atomic mass is 10.1. The highest BCUT2D eigenvalue weighted by Crippen LogP contribution is 2.24. The fourth-order valence-corrected chi connectivity index (χ4v) is 2.91. The van der Waals surface area contributed by atoms with Crippen LogP contribution in [0.25, 0.3) is 0 Å². The molecule has 1 amide bonds. The van der Waals surface area contributed by atoms with Gasteiger partial charge in [0.1, 0.15) is 5.82 Å². The number of rotatable bonds is 3. The van der Waals surface area contributed by atoms with Crippen LogP contribution in [-0.4, -0.2) is 33.2 Å². The van der Waals surface area contributed by atoms with E-state index in [2.05, 4.69) is 5.10 Å². The molecule has 2 heterocycles. The number of hydrogen-bond donors (Lipinski definition) is 0. The second-order valence-electron chi connectivity index (χ2n) is 5.15. The van der Waals surface area contributed by atoms with Gasteiger partial charge < -0.3 is 4.90 Å². The lowest BCUT2D eigenvalue weighted by Crippen LogP contribution is -2.38. The Morgan fingerprint density at radius 2 is 2.33 bits per heavy atom. The molecule has 1 saturated heterocycles. The van der Waals surface area contributed by atoms with E-state index in [1.807, 2.05) is 12.3 Å². The second kappa shape index (κ2) is 5.85. The molecule has 21 heavy (non-hydrogen) atoms. The summed E-state index contributed by atoms with van der Waals surface area (Å²) in [5.74, 6) is -0.834. The normalized spacial score (nSPS) is 18.2. The third kappa shape index (κ3) is 2.93. The number of carbonyl (C=O) groups is 1. The average Bonchev–Trinajstić information content (AvgIpc) is 3.13. The Morgan fingerprint density at radius 3 is 3.10 bits per heavy atom. The maximum atomic E-state index is 13.9. The van der Waals surface area contributed by atoms with Crippen molar-refractivity contribution >= 4 is 17.5 Å². The molecule has 0 spiro atoms. The number of benzene rings is 1. The van der Waals surface area contributed by atoms with E-state index in [1.165, 1.54) is 18.2 Å². The van der Waals surface area contributed by atoms with Crippen molar-refractivity contribution < 1.29 is 9.18 Å². The first-order valence-electron chi connectivity index (χ1n) is 6.88. The zero-order chi connectivity index (χ0) is 14.8. The maximum absolute atomic E-state index is 13.9. The fraction of sp³-hybridized carbons (Fsp3) is 0.333. The molecular weight excluding hydrogens is 293 g/mol. The van der Waals surface area contributed by atoms with E-state index in [0.29, 0.717) is 18.1 Å². The molecule has 6 heteroatoms. The molecule has 0 aliphatic carbocycles. The summed E-state index contributed by atoms with van der Waals surface area (Å²) in [6, 6.07) is 5.95. The van der Waals surface area contributed by atoms with Gasteiger partial charge >= 0.3 is 0 Å². The van der Waals surface area contributed by atoms with Gasteiger partial charge in [0, 0.05) is 24.0 Å². The minimum absolute atomic E-state index is 0.0369. The van der Waals surface area contributed by atoms with Gasteiger partial charge in [-0.05, 0) is 37.1 Å². The van der Waals surface area contributed by atoms with Gasteiger partial charge in [0.15, 0.2) is 0 Å². The topological polar surface area (TPSA) is 38.1 Å². The molecule has 1 aromatic carbocycles. The van der Waals surface area contributed by atoms with Crippen molar-refractivity contribution in [2.24, 2.45) is 0 Å². The summed E-state index contributed by atoms with van der Waals surface area (Å²) in [5, 5.41) is 4.52. The highest BCUT2D eigenvalue weighted by molar-refractivity contribution is 6.31. The highest BCUT2D eigenvalue weighted by Gasteiger charge is 2.31. The summed E-state index contributed by atoms with van der Waals surface area (Å²) in [7, 11) is 0. The number of aromatic nitrogens is 2. The van der Waals surface area contributed by atoms with Crippen LogP contribution in [0.5, 0.6) is 0 Å². The van der Waals surface area contributed by atoms with Crippen LogP contribution in [0.2, 0.25) is 5.02 Å². The predicted octanol–water partition coefficient (Wildman–Crippen LogP) is 2.98. The molecule has 0 bridgehead atoms. The summed E-state index contributed by atoms with van der Waals surface area (Å²) in [4.78, 5) is 14.3. The van der Waals surface area contributed by atoms with E-state index in [4.69, 9.17) is 11.6 Å². The molecule has 1 aliphatic rings. The van der Waals surface area contributed by atoms with Gasteiger partial charge in [0.2, 0.25) is 0 Å². The number of nitrogens with zero attached hydrogens (tertiary/aromatic N) is 3. The van der Waals surface area contributed by atoms with Crippen LogP contribution < -0.4 is 0 Å². The van der Waals surface area contributed by atoms with Crippen molar-refractivity contribution in [1.82, 2.24) is 14.7 Å². The van der Waals surface area contributed by atoms with Crippen LogP contribution in [0.1, 0.15) is 23.2 Å². The summed E-state index contributed by atoms with van der Waals surface area (Å²) >= 11 is 5.87. The monoisotopic (exact) mass is 307 g/mol. The standard InChI is InChI=1S/C15H15ClFN3O/c16-11-4-5-14(17)13(9-11)15(21)20-8-1-3-12(20)10-19-7-2-6-18-19/h2,4-7,9,12H,1,3,8,10H2/t12-/m1/s1. The Balaban J connectivity index is 1.81. The van der Waals surface area contributed by atoms with Gasteiger partial charge in [0.05, 0.1) is 18.2 Å². The van der Waals surface area contributed by atoms with Gasteiger partial charge in [-0.2, -0.15) is 5.10 Å². The molecule has 0 N–H and O–H groups in total. The fourth-order valence-electron chi connectivity index (χ4n) is 2.73. The number of amides is 1. The van der Waals surface area contributed by atoms with E-state index in [0.717, 1.165) is 12.8 Å². The summed E-state index contributed by atoms with van der Waals surface area (Å²) in [6.07, 6.45) is 5.38. The van der Waals surface area contributed by atoms with Crippen LogP contribution in [0.3, 0.4) is 0 Å².